The Bertz CT molecular complexity index is 989. The van der Waals surface area contributed by atoms with Crippen LogP contribution in [0.2, 0.25) is 0 Å². The van der Waals surface area contributed by atoms with Crippen molar-refractivity contribution in [2.45, 2.75) is 13.1 Å². The average Bonchev–Trinajstić information content (AvgIpc) is 3.15. The Hall–Kier alpha value is -3.80. The molecule has 0 unspecified atom stereocenters. The van der Waals surface area contributed by atoms with E-state index in [1.807, 2.05) is 24.3 Å². The van der Waals surface area contributed by atoms with Crippen molar-refractivity contribution in [3.63, 3.8) is 0 Å². The summed E-state index contributed by atoms with van der Waals surface area (Å²) in [4.78, 5) is 26.5. The Morgan fingerprint density at radius 2 is 1.29 bits per heavy atom. The van der Waals surface area contributed by atoms with Gasteiger partial charge in [0.15, 0.2) is 0 Å². The summed E-state index contributed by atoms with van der Waals surface area (Å²) in [6, 6.07) is 20.8. The fourth-order valence-corrected chi connectivity index (χ4v) is 3.13. The number of hydrogen-bond acceptors (Lipinski definition) is 3. The van der Waals surface area contributed by atoms with Crippen molar-refractivity contribution in [1.29, 1.82) is 0 Å². The van der Waals surface area contributed by atoms with Gasteiger partial charge in [-0.05, 0) is 59.7 Å². The quantitative estimate of drug-likeness (QED) is 0.602. The molecule has 1 heterocycles. The van der Waals surface area contributed by atoms with Gasteiger partial charge in [0.1, 0.15) is 5.75 Å². The van der Waals surface area contributed by atoms with Crippen LogP contribution in [0.15, 0.2) is 72.8 Å². The Morgan fingerprint density at radius 1 is 0.750 bits per heavy atom. The van der Waals surface area contributed by atoms with Crippen LogP contribution in [0, 0.1) is 0 Å². The third-order valence-corrected chi connectivity index (χ3v) is 4.65. The second-order valence-electron chi connectivity index (χ2n) is 6.63. The summed E-state index contributed by atoms with van der Waals surface area (Å²) in [7, 11) is 0. The number of amides is 3. The van der Waals surface area contributed by atoms with Crippen molar-refractivity contribution in [2.24, 2.45) is 0 Å². The first-order chi connectivity index (χ1) is 13.6. The van der Waals surface area contributed by atoms with E-state index in [0.29, 0.717) is 30.0 Å². The Labute approximate surface area is 162 Å². The molecular weight excluding hydrogens is 354 g/mol. The van der Waals surface area contributed by atoms with Gasteiger partial charge in [-0.15, -0.1) is 0 Å². The van der Waals surface area contributed by atoms with Crippen molar-refractivity contribution in [3.05, 3.63) is 89.5 Å². The van der Waals surface area contributed by atoms with Crippen LogP contribution in [0.25, 0.3) is 0 Å². The second kappa shape index (κ2) is 7.44. The number of urea groups is 1. The van der Waals surface area contributed by atoms with E-state index >= 15 is 0 Å². The van der Waals surface area contributed by atoms with Gasteiger partial charge in [0.2, 0.25) is 0 Å². The number of fused-ring (bicyclic) bond motifs is 1. The SMILES string of the molecule is O=C(Nc1ccc(O)cc1)c1ccc(NC(=O)N2Cc3ccccc3C2)cc1. The molecule has 3 aromatic rings. The molecule has 0 radical (unpaired) electrons. The lowest BCUT2D eigenvalue weighted by Gasteiger charge is -2.16. The number of phenols is 1. The molecule has 0 saturated carbocycles. The molecular formula is C22H19N3O3. The summed E-state index contributed by atoms with van der Waals surface area (Å²) < 4.78 is 0. The van der Waals surface area contributed by atoms with Crippen molar-refractivity contribution < 1.29 is 14.7 Å². The van der Waals surface area contributed by atoms with E-state index in [2.05, 4.69) is 10.6 Å². The molecule has 0 bridgehead atoms. The second-order valence-corrected chi connectivity index (χ2v) is 6.63. The summed E-state index contributed by atoms with van der Waals surface area (Å²) in [5, 5.41) is 14.9. The van der Waals surface area contributed by atoms with E-state index in [-0.39, 0.29) is 17.7 Å². The third-order valence-electron chi connectivity index (χ3n) is 4.65. The van der Waals surface area contributed by atoms with Crippen molar-refractivity contribution in [1.82, 2.24) is 4.90 Å². The van der Waals surface area contributed by atoms with E-state index < -0.39 is 0 Å². The summed E-state index contributed by atoms with van der Waals surface area (Å²) in [6.07, 6.45) is 0. The average molecular weight is 373 g/mol. The number of benzene rings is 3. The molecule has 3 aromatic carbocycles. The molecule has 0 atom stereocenters. The standard InChI is InChI=1S/C22H19N3O3/c26-20-11-9-18(10-12-20)23-21(27)15-5-7-19(8-6-15)24-22(28)25-13-16-3-1-2-4-17(16)14-25/h1-12,26H,13-14H2,(H,23,27)(H,24,28). The van der Waals surface area contributed by atoms with Gasteiger partial charge < -0.3 is 20.6 Å². The molecule has 0 saturated heterocycles. The summed E-state index contributed by atoms with van der Waals surface area (Å²) >= 11 is 0. The zero-order chi connectivity index (χ0) is 19.5. The number of phenolic OH excluding ortho intramolecular Hbond substituents is 1. The topological polar surface area (TPSA) is 81.7 Å². The van der Waals surface area contributed by atoms with E-state index in [4.69, 9.17) is 0 Å². The van der Waals surface area contributed by atoms with Crippen LogP contribution >= 0.6 is 0 Å². The minimum atomic E-state index is -0.265. The van der Waals surface area contributed by atoms with Gasteiger partial charge in [-0.1, -0.05) is 24.3 Å². The van der Waals surface area contributed by atoms with Crippen molar-refractivity contribution in [3.8, 4) is 5.75 Å². The molecule has 6 heteroatoms. The minimum Gasteiger partial charge on any atom is -0.508 e. The molecule has 0 spiro atoms. The fourth-order valence-electron chi connectivity index (χ4n) is 3.13. The number of carbonyl (C=O) groups excluding carboxylic acids is 2. The van der Waals surface area contributed by atoms with Crippen LogP contribution in [-0.4, -0.2) is 21.9 Å². The van der Waals surface area contributed by atoms with Crippen LogP contribution in [0.4, 0.5) is 16.2 Å². The number of carbonyl (C=O) groups is 2. The smallest absolute Gasteiger partial charge is 0.322 e. The highest BCUT2D eigenvalue weighted by molar-refractivity contribution is 6.04. The molecule has 1 aliphatic rings. The van der Waals surface area contributed by atoms with Gasteiger partial charge in [-0.25, -0.2) is 4.79 Å². The lowest BCUT2D eigenvalue weighted by molar-refractivity contribution is 0.102. The van der Waals surface area contributed by atoms with Crippen molar-refractivity contribution >= 4 is 23.3 Å². The first kappa shape index (κ1) is 17.6. The molecule has 3 amide bonds. The fraction of sp³-hybridized carbons (Fsp3) is 0.0909. The number of anilines is 2. The molecule has 28 heavy (non-hydrogen) atoms. The van der Waals surface area contributed by atoms with Crippen LogP contribution in [-0.2, 0) is 13.1 Å². The molecule has 3 N–H and O–H groups in total. The zero-order valence-corrected chi connectivity index (χ0v) is 15.1. The zero-order valence-electron chi connectivity index (χ0n) is 15.1. The highest BCUT2D eigenvalue weighted by Crippen LogP contribution is 2.23. The Morgan fingerprint density at radius 3 is 1.89 bits per heavy atom. The molecule has 0 aromatic heterocycles. The van der Waals surface area contributed by atoms with Gasteiger partial charge in [0, 0.05) is 30.0 Å². The van der Waals surface area contributed by atoms with Crippen LogP contribution < -0.4 is 10.6 Å². The van der Waals surface area contributed by atoms with Crippen LogP contribution in [0.1, 0.15) is 21.5 Å². The monoisotopic (exact) mass is 373 g/mol. The highest BCUT2D eigenvalue weighted by atomic mass is 16.3. The maximum atomic E-state index is 12.5. The van der Waals surface area contributed by atoms with Crippen molar-refractivity contribution in [2.75, 3.05) is 10.6 Å². The normalized spacial score (nSPS) is 12.4. The number of nitrogens with zero attached hydrogens (tertiary/aromatic N) is 1. The molecule has 6 nitrogen and oxygen atoms in total. The maximum Gasteiger partial charge on any atom is 0.322 e. The number of rotatable bonds is 3. The van der Waals surface area contributed by atoms with Gasteiger partial charge in [0.05, 0.1) is 0 Å². The first-order valence-corrected chi connectivity index (χ1v) is 8.92. The molecule has 140 valence electrons. The number of hydrogen-bond donors (Lipinski definition) is 3. The Kier molecular flexibility index (Phi) is 4.68. The minimum absolute atomic E-state index is 0.138. The van der Waals surface area contributed by atoms with E-state index in [9.17, 15) is 14.7 Å². The Balaban J connectivity index is 1.36. The number of nitrogens with one attached hydrogen (secondary N) is 2. The predicted molar refractivity (Wildman–Crippen MR) is 107 cm³/mol. The summed E-state index contributed by atoms with van der Waals surface area (Å²) in [5.41, 5.74) is 4.02. The summed E-state index contributed by atoms with van der Waals surface area (Å²) in [6.45, 7) is 1.18. The lowest BCUT2D eigenvalue weighted by Crippen LogP contribution is -2.30. The molecule has 0 fully saturated rings. The lowest BCUT2D eigenvalue weighted by atomic mass is 10.1. The van der Waals surface area contributed by atoms with Gasteiger partial charge in [-0.3, -0.25) is 4.79 Å². The van der Waals surface area contributed by atoms with Gasteiger partial charge >= 0.3 is 6.03 Å². The summed E-state index contributed by atoms with van der Waals surface area (Å²) in [5.74, 6) is -0.127. The first-order valence-electron chi connectivity index (χ1n) is 8.92. The van der Waals surface area contributed by atoms with E-state index in [1.165, 1.54) is 23.3 Å². The van der Waals surface area contributed by atoms with Gasteiger partial charge in [0.25, 0.3) is 5.91 Å². The molecule has 1 aliphatic heterocycles. The molecule has 4 rings (SSSR count). The van der Waals surface area contributed by atoms with Gasteiger partial charge in [-0.2, -0.15) is 0 Å². The predicted octanol–water partition coefficient (Wildman–Crippen LogP) is 4.19. The largest absolute Gasteiger partial charge is 0.508 e. The molecule has 0 aliphatic carbocycles. The van der Waals surface area contributed by atoms with E-state index in [1.54, 1.807) is 41.3 Å². The van der Waals surface area contributed by atoms with Crippen LogP contribution in [0.5, 0.6) is 5.75 Å². The van der Waals surface area contributed by atoms with E-state index in [0.717, 1.165) is 0 Å². The maximum absolute atomic E-state index is 12.5. The van der Waals surface area contributed by atoms with Crippen LogP contribution in [0.3, 0.4) is 0 Å². The highest BCUT2D eigenvalue weighted by Gasteiger charge is 2.22. The number of aromatic hydroxyl groups is 1. The third kappa shape index (κ3) is 3.81.